The Morgan fingerprint density at radius 1 is 1.40 bits per heavy atom. The number of benzene rings is 1. The van der Waals surface area contributed by atoms with Crippen molar-refractivity contribution in [1.29, 1.82) is 0 Å². The Kier molecular flexibility index (Phi) is 2.83. The van der Waals surface area contributed by atoms with Crippen molar-refractivity contribution in [2.24, 2.45) is 0 Å². The lowest BCUT2D eigenvalue weighted by molar-refractivity contribution is -0.385. The number of nitro benzene ring substituents is 1. The maximum absolute atomic E-state index is 10.9. The van der Waals surface area contributed by atoms with Gasteiger partial charge in [0.25, 0.3) is 5.69 Å². The number of thiocarbonyl (C=S) groups is 1. The van der Waals surface area contributed by atoms with Crippen molar-refractivity contribution in [3.05, 3.63) is 64.0 Å². The van der Waals surface area contributed by atoms with Crippen LogP contribution in [0.25, 0.3) is 0 Å². The zero-order valence-electron chi connectivity index (χ0n) is 10.9. The highest BCUT2D eigenvalue weighted by Gasteiger charge is 2.34. The minimum atomic E-state index is -0.449. The predicted octanol–water partition coefficient (Wildman–Crippen LogP) is 2.59. The number of hydrogen-bond acceptors (Lipinski definition) is 3. The number of hydrogen-bond donors (Lipinski definition) is 1. The van der Waals surface area contributed by atoms with Crippen LogP contribution in [0.2, 0.25) is 0 Å². The SMILES string of the molecule is CC1(c2cccc([N+](=O)[O-])c2)Cn2cccc2C(=S)N1. The molecular weight excluding hydrogens is 274 g/mol. The summed E-state index contributed by atoms with van der Waals surface area (Å²) in [5.74, 6) is 0. The van der Waals surface area contributed by atoms with Gasteiger partial charge in [0.2, 0.25) is 0 Å². The van der Waals surface area contributed by atoms with Crippen LogP contribution < -0.4 is 5.32 Å². The van der Waals surface area contributed by atoms with E-state index < -0.39 is 5.54 Å². The van der Waals surface area contributed by atoms with E-state index >= 15 is 0 Å². The third-order valence-corrected chi connectivity index (χ3v) is 3.94. The van der Waals surface area contributed by atoms with Crippen LogP contribution in [0.3, 0.4) is 0 Å². The van der Waals surface area contributed by atoms with Crippen LogP contribution in [0.1, 0.15) is 18.2 Å². The highest BCUT2D eigenvalue weighted by molar-refractivity contribution is 7.80. The van der Waals surface area contributed by atoms with Gasteiger partial charge in [-0.15, -0.1) is 0 Å². The molecule has 5 nitrogen and oxygen atoms in total. The van der Waals surface area contributed by atoms with Crippen molar-refractivity contribution in [3.63, 3.8) is 0 Å². The van der Waals surface area contributed by atoms with Crippen LogP contribution in [0.15, 0.2) is 42.6 Å². The first-order chi connectivity index (χ1) is 9.49. The van der Waals surface area contributed by atoms with E-state index in [2.05, 4.69) is 9.88 Å². The minimum Gasteiger partial charge on any atom is -0.364 e. The Labute approximate surface area is 121 Å². The summed E-state index contributed by atoms with van der Waals surface area (Å²) < 4.78 is 2.07. The first kappa shape index (κ1) is 12.8. The number of nitro groups is 1. The Bertz CT molecular complexity index is 710. The van der Waals surface area contributed by atoms with E-state index in [9.17, 15) is 10.1 Å². The van der Waals surface area contributed by atoms with Crippen LogP contribution in [-0.2, 0) is 12.1 Å². The maximum Gasteiger partial charge on any atom is 0.269 e. The van der Waals surface area contributed by atoms with Gasteiger partial charge in [-0.25, -0.2) is 0 Å². The zero-order valence-corrected chi connectivity index (χ0v) is 11.7. The van der Waals surface area contributed by atoms with Gasteiger partial charge in [0.05, 0.1) is 16.2 Å². The van der Waals surface area contributed by atoms with Crippen LogP contribution >= 0.6 is 12.2 Å². The molecule has 1 unspecified atom stereocenters. The van der Waals surface area contributed by atoms with Crippen molar-refractivity contribution < 1.29 is 4.92 Å². The quantitative estimate of drug-likeness (QED) is 0.524. The van der Waals surface area contributed by atoms with E-state index in [1.165, 1.54) is 6.07 Å². The number of aromatic nitrogens is 1. The smallest absolute Gasteiger partial charge is 0.269 e. The molecule has 6 heteroatoms. The van der Waals surface area contributed by atoms with E-state index in [4.69, 9.17) is 12.2 Å². The third kappa shape index (κ3) is 1.98. The lowest BCUT2D eigenvalue weighted by Crippen LogP contribution is -2.50. The van der Waals surface area contributed by atoms with Gasteiger partial charge in [0.1, 0.15) is 4.99 Å². The fraction of sp³-hybridized carbons (Fsp3) is 0.214. The molecule has 0 spiro atoms. The summed E-state index contributed by atoms with van der Waals surface area (Å²) in [6, 6.07) is 10.6. The molecule has 0 saturated carbocycles. The largest absolute Gasteiger partial charge is 0.364 e. The van der Waals surface area contributed by atoms with Crippen LogP contribution in [0.4, 0.5) is 5.69 Å². The van der Waals surface area contributed by atoms with E-state index in [0.29, 0.717) is 11.5 Å². The average Bonchev–Trinajstić information content (AvgIpc) is 2.87. The molecule has 0 bridgehead atoms. The first-order valence-corrected chi connectivity index (χ1v) is 6.63. The average molecular weight is 287 g/mol. The third-order valence-electron chi connectivity index (χ3n) is 3.63. The van der Waals surface area contributed by atoms with E-state index in [-0.39, 0.29) is 10.6 Å². The molecule has 1 aromatic carbocycles. The van der Waals surface area contributed by atoms with Crippen molar-refractivity contribution in [3.8, 4) is 0 Å². The van der Waals surface area contributed by atoms with Gasteiger partial charge < -0.3 is 9.88 Å². The van der Waals surface area contributed by atoms with Crippen molar-refractivity contribution in [2.45, 2.75) is 19.0 Å². The standard InChI is InChI=1S/C14H13N3O2S/c1-14(10-4-2-5-11(8-10)17(18)19)9-16-7-3-6-12(16)13(20)15-14/h2-8H,9H2,1H3,(H,15,20). The molecule has 20 heavy (non-hydrogen) atoms. The molecule has 2 aromatic rings. The van der Waals surface area contributed by atoms with E-state index in [1.54, 1.807) is 12.1 Å². The molecule has 1 aromatic heterocycles. The van der Waals surface area contributed by atoms with Gasteiger partial charge in [-0.2, -0.15) is 0 Å². The molecule has 3 rings (SSSR count). The molecule has 0 aliphatic carbocycles. The minimum absolute atomic E-state index is 0.0924. The van der Waals surface area contributed by atoms with E-state index in [0.717, 1.165) is 11.3 Å². The Morgan fingerprint density at radius 3 is 2.95 bits per heavy atom. The second-order valence-corrected chi connectivity index (χ2v) is 5.52. The molecule has 102 valence electrons. The highest BCUT2D eigenvalue weighted by atomic mass is 32.1. The van der Waals surface area contributed by atoms with Gasteiger partial charge in [0.15, 0.2) is 0 Å². The number of non-ortho nitro benzene ring substituents is 1. The van der Waals surface area contributed by atoms with Crippen LogP contribution in [-0.4, -0.2) is 14.5 Å². The van der Waals surface area contributed by atoms with E-state index in [1.807, 2.05) is 31.3 Å². The molecule has 0 fully saturated rings. The number of nitrogens with one attached hydrogen (secondary N) is 1. The second kappa shape index (κ2) is 4.42. The molecule has 2 heterocycles. The molecular formula is C14H13N3O2S. The topological polar surface area (TPSA) is 60.1 Å². The first-order valence-electron chi connectivity index (χ1n) is 6.22. The van der Waals surface area contributed by atoms with Crippen LogP contribution in [0.5, 0.6) is 0 Å². The normalized spacial score (nSPS) is 21.1. The molecule has 0 saturated heterocycles. The van der Waals surface area contributed by atoms with Gasteiger partial charge >= 0.3 is 0 Å². The van der Waals surface area contributed by atoms with Gasteiger partial charge in [-0.05, 0) is 24.6 Å². The Hall–Kier alpha value is -2.21. The summed E-state index contributed by atoms with van der Waals surface area (Å²) in [5.41, 5.74) is 1.47. The Balaban J connectivity index is 2.04. The molecule has 1 atom stereocenters. The zero-order chi connectivity index (χ0) is 14.3. The highest BCUT2D eigenvalue weighted by Crippen LogP contribution is 2.30. The lowest BCUT2D eigenvalue weighted by atomic mass is 9.90. The number of rotatable bonds is 2. The lowest BCUT2D eigenvalue weighted by Gasteiger charge is -2.37. The number of fused-ring (bicyclic) bond motifs is 1. The summed E-state index contributed by atoms with van der Waals surface area (Å²) >= 11 is 5.38. The predicted molar refractivity (Wildman–Crippen MR) is 79.7 cm³/mol. The van der Waals surface area contributed by atoms with Crippen molar-refractivity contribution in [2.75, 3.05) is 0 Å². The van der Waals surface area contributed by atoms with Crippen LogP contribution in [0, 0.1) is 10.1 Å². The van der Waals surface area contributed by atoms with Crippen molar-refractivity contribution >= 4 is 22.9 Å². The molecule has 1 aliphatic rings. The summed E-state index contributed by atoms with van der Waals surface area (Å²) in [4.78, 5) is 11.2. The molecule has 0 amide bonds. The fourth-order valence-electron chi connectivity index (χ4n) is 2.58. The summed E-state index contributed by atoms with van der Waals surface area (Å²) in [6.07, 6.45) is 1.97. The van der Waals surface area contributed by atoms with Gasteiger partial charge in [-0.1, -0.05) is 24.4 Å². The molecule has 1 aliphatic heterocycles. The Morgan fingerprint density at radius 2 is 2.20 bits per heavy atom. The molecule has 1 N–H and O–H groups in total. The fourth-order valence-corrected chi connectivity index (χ4v) is 2.99. The summed E-state index contributed by atoms with van der Waals surface area (Å²) in [5, 5.41) is 14.2. The maximum atomic E-state index is 10.9. The second-order valence-electron chi connectivity index (χ2n) is 5.11. The number of nitrogens with zero attached hydrogens (tertiary/aromatic N) is 2. The molecule has 0 radical (unpaired) electrons. The summed E-state index contributed by atoms with van der Waals surface area (Å²) in [6.45, 7) is 2.68. The summed E-state index contributed by atoms with van der Waals surface area (Å²) in [7, 11) is 0. The van der Waals surface area contributed by atoms with Gasteiger partial charge in [-0.3, -0.25) is 10.1 Å². The van der Waals surface area contributed by atoms with Crippen molar-refractivity contribution in [1.82, 2.24) is 9.88 Å². The monoisotopic (exact) mass is 287 g/mol. The van der Waals surface area contributed by atoms with Gasteiger partial charge in [0, 0.05) is 24.9 Å².